The molecule has 34 heavy (non-hydrogen) atoms. The van der Waals surface area contributed by atoms with E-state index in [4.69, 9.17) is 28.2 Å². The highest BCUT2D eigenvalue weighted by atomic mass is 35.5. The highest BCUT2D eigenvalue weighted by molar-refractivity contribution is 7.91. The van der Waals surface area contributed by atoms with Gasteiger partial charge in [-0.3, -0.25) is 0 Å². The van der Waals surface area contributed by atoms with Crippen molar-refractivity contribution in [1.82, 2.24) is 18.9 Å². The zero-order valence-electron chi connectivity index (χ0n) is 18.7. The van der Waals surface area contributed by atoms with Crippen LogP contribution in [0.3, 0.4) is 0 Å². The van der Waals surface area contributed by atoms with Crippen LogP contribution in [0.2, 0.25) is 4.34 Å². The summed E-state index contributed by atoms with van der Waals surface area (Å²) in [4.78, 5) is 4.82. The quantitative estimate of drug-likeness (QED) is 0.488. The van der Waals surface area contributed by atoms with E-state index in [0.717, 1.165) is 76.8 Å². The van der Waals surface area contributed by atoms with Crippen molar-refractivity contribution in [3.63, 3.8) is 0 Å². The van der Waals surface area contributed by atoms with E-state index < -0.39 is 10.0 Å². The summed E-state index contributed by atoms with van der Waals surface area (Å²) < 4.78 is 29.9. The van der Waals surface area contributed by atoms with E-state index in [1.165, 1.54) is 0 Å². The molecule has 0 spiro atoms. The molecule has 2 aliphatic rings. The van der Waals surface area contributed by atoms with Gasteiger partial charge in [0.2, 0.25) is 0 Å². The summed E-state index contributed by atoms with van der Waals surface area (Å²) in [6.45, 7) is 1.71. The first-order valence-electron chi connectivity index (χ1n) is 11.2. The Morgan fingerprint density at radius 1 is 1.24 bits per heavy atom. The molecule has 178 valence electrons. The molecule has 1 aliphatic carbocycles. The average Bonchev–Trinajstić information content (AvgIpc) is 3.44. The minimum Gasteiger partial charge on any atom is -0.370 e. The van der Waals surface area contributed by atoms with Crippen LogP contribution in [0.1, 0.15) is 31.4 Å². The van der Waals surface area contributed by atoms with Crippen molar-refractivity contribution in [2.45, 2.75) is 29.9 Å². The Bertz CT molecular complexity index is 1390. The zero-order valence-corrected chi connectivity index (χ0v) is 21.8. The van der Waals surface area contributed by atoms with Crippen molar-refractivity contribution in [1.29, 1.82) is 0 Å². The summed E-state index contributed by atoms with van der Waals surface area (Å²) in [6.07, 6.45) is 9.29. The van der Waals surface area contributed by atoms with Gasteiger partial charge in [-0.1, -0.05) is 35.4 Å². The molecule has 12 heteroatoms. The number of rotatable bonds is 6. The lowest BCUT2D eigenvalue weighted by molar-refractivity contribution is 0.282. The molecule has 0 amide bonds. The normalized spacial score (nSPS) is 18.2. The van der Waals surface area contributed by atoms with Crippen molar-refractivity contribution in [2.24, 2.45) is 5.92 Å². The predicted molar refractivity (Wildman–Crippen MR) is 142 cm³/mol. The van der Waals surface area contributed by atoms with E-state index in [1.807, 2.05) is 30.7 Å². The Balaban J connectivity index is 1.30. The molecule has 7 nitrogen and oxygen atoms in total. The highest BCUT2D eigenvalue weighted by Crippen LogP contribution is 2.32. The van der Waals surface area contributed by atoms with E-state index in [0.29, 0.717) is 27.6 Å². The Morgan fingerprint density at radius 2 is 2.03 bits per heavy atom. The van der Waals surface area contributed by atoms with Gasteiger partial charge in [0.1, 0.15) is 17.9 Å². The van der Waals surface area contributed by atoms with Crippen molar-refractivity contribution < 1.29 is 8.42 Å². The molecule has 1 aliphatic heterocycles. The van der Waals surface area contributed by atoms with Crippen LogP contribution in [-0.2, 0) is 10.0 Å². The average molecular weight is 536 g/mol. The molecule has 0 saturated carbocycles. The number of hydrogen-bond acceptors (Lipinski definition) is 6. The van der Waals surface area contributed by atoms with E-state index in [2.05, 4.69) is 16.5 Å². The minimum absolute atomic E-state index is 0.305. The summed E-state index contributed by atoms with van der Waals surface area (Å²) in [5.74, 6) is 1.20. The summed E-state index contributed by atoms with van der Waals surface area (Å²) in [5.41, 5.74) is 3.57. The molecule has 0 radical (unpaired) electrons. The van der Waals surface area contributed by atoms with Crippen molar-refractivity contribution in [3.8, 4) is 0 Å². The summed E-state index contributed by atoms with van der Waals surface area (Å²) in [7, 11) is -1.49. The van der Waals surface area contributed by atoms with Crippen molar-refractivity contribution >= 4 is 74.9 Å². The fourth-order valence-electron chi connectivity index (χ4n) is 4.36. The molecule has 3 aromatic rings. The maximum Gasteiger partial charge on any atom is 0.252 e. The lowest BCUT2D eigenvalue weighted by Gasteiger charge is -2.31. The number of allylic oxidation sites excluding steroid dienone is 4. The van der Waals surface area contributed by atoms with Gasteiger partial charge >= 0.3 is 0 Å². The largest absolute Gasteiger partial charge is 0.370 e. The predicted octanol–water partition coefficient (Wildman–Crippen LogP) is 3.52. The van der Waals surface area contributed by atoms with E-state index in [1.54, 1.807) is 16.4 Å². The van der Waals surface area contributed by atoms with Gasteiger partial charge in [-0.25, -0.2) is 13.4 Å². The maximum atomic E-state index is 12.9. The first kappa shape index (κ1) is 23.9. The topological polar surface area (TPSA) is 79.6 Å². The van der Waals surface area contributed by atoms with Gasteiger partial charge < -0.3 is 5.32 Å². The van der Waals surface area contributed by atoms with Gasteiger partial charge in [0, 0.05) is 42.5 Å². The second-order valence-electron chi connectivity index (χ2n) is 8.64. The van der Waals surface area contributed by atoms with Crippen molar-refractivity contribution in [2.75, 3.05) is 25.0 Å². The molecule has 0 atom stereocenters. The third-order valence-corrected chi connectivity index (χ3v) is 10.3. The zero-order chi connectivity index (χ0) is 23.9. The smallest absolute Gasteiger partial charge is 0.252 e. The van der Waals surface area contributed by atoms with Crippen LogP contribution in [0, 0.1) is 5.92 Å². The number of aromatic nitrogens is 3. The Kier molecular flexibility index (Phi) is 6.78. The van der Waals surface area contributed by atoms with Crippen LogP contribution < -0.4 is 10.8 Å². The molecule has 1 saturated heterocycles. The molecule has 3 aromatic heterocycles. The monoisotopic (exact) mass is 535 g/mol. The van der Waals surface area contributed by atoms with Crippen LogP contribution in [0.5, 0.6) is 0 Å². The summed E-state index contributed by atoms with van der Waals surface area (Å²) in [5, 5.41) is 8.86. The summed E-state index contributed by atoms with van der Waals surface area (Å²) >= 11 is 13.6. The first-order chi connectivity index (χ1) is 16.3. The fraction of sp³-hybridized carbons (Fsp3) is 0.364. The highest BCUT2D eigenvalue weighted by Gasteiger charge is 2.30. The molecule has 4 heterocycles. The Hall–Kier alpha value is -1.85. The molecule has 0 unspecified atom stereocenters. The third-order valence-electron chi connectivity index (χ3n) is 6.32. The number of thiophene rings is 1. The number of piperidine rings is 1. The second kappa shape index (κ2) is 9.66. The van der Waals surface area contributed by atoms with Gasteiger partial charge in [0.15, 0.2) is 5.65 Å². The number of fused-ring (bicyclic) bond motifs is 1. The van der Waals surface area contributed by atoms with Crippen LogP contribution in [0.15, 0.2) is 45.8 Å². The maximum absolute atomic E-state index is 12.9. The van der Waals surface area contributed by atoms with Gasteiger partial charge in [-0.15, -0.1) is 11.3 Å². The molecular weight excluding hydrogens is 512 g/mol. The number of nitrogens with one attached hydrogen (secondary N) is 1. The molecule has 0 aromatic carbocycles. The van der Waals surface area contributed by atoms with Crippen LogP contribution in [0.25, 0.3) is 11.2 Å². The molecule has 1 N–H and O–H groups in total. The number of anilines is 1. The Labute approximate surface area is 213 Å². The molecular formula is C22H24BCl2N5O2S2. The minimum atomic E-state index is -3.48. The number of hydrogen-bond donors (Lipinski definition) is 1. The van der Waals surface area contributed by atoms with E-state index in [9.17, 15) is 8.42 Å². The van der Waals surface area contributed by atoms with Crippen LogP contribution >= 0.6 is 34.5 Å². The fourth-order valence-corrected chi connectivity index (χ4v) is 7.74. The van der Waals surface area contributed by atoms with Gasteiger partial charge in [-0.2, -0.15) is 13.9 Å². The lowest BCUT2D eigenvalue weighted by atomic mass is 9.98. The lowest BCUT2D eigenvalue weighted by Crippen LogP contribution is -2.39. The second-order valence-corrected chi connectivity index (χ2v) is 13.0. The van der Waals surface area contributed by atoms with Crippen LogP contribution in [0.4, 0.5) is 5.82 Å². The number of sulfonamides is 1. The number of halogens is 2. The molecule has 1 fully saturated rings. The Morgan fingerprint density at radius 3 is 2.74 bits per heavy atom. The SMILES string of the molecule is Bc1cnn2c(NCC3CCN(S(=O)(=O)c4ccc(Cl)s4)CC3)cc(C3=C(Cl)CCC=C3)nc12. The van der Waals surface area contributed by atoms with Gasteiger partial charge in [0.05, 0.1) is 10.0 Å². The third kappa shape index (κ3) is 4.66. The van der Waals surface area contributed by atoms with Crippen LogP contribution in [-0.4, -0.2) is 54.8 Å². The number of nitrogens with zero attached hydrogens (tertiary/aromatic N) is 4. The van der Waals surface area contributed by atoms with E-state index in [-0.39, 0.29) is 0 Å². The molecule has 5 rings (SSSR count). The van der Waals surface area contributed by atoms with E-state index >= 15 is 0 Å². The standard InChI is InChI=1S/C22H24BCl2N5O2S2/c23-16-13-27-30-20(11-18(28-22(16)30)15-3-1-2-4-17(15)24)26-12-14-7-9-29(10-8-14)34(31,32)21-6-5-19(25)33-21/h1,3,5-6,11,13-14,26H,2,4,7-10,12,23H2. The molecule has 0 bridgehead atoms. The first-order valence-corrected chi connectivity index (χ1v) is 14.2. The van der Waals surface area contributed by atoms with Gasteiger partial charge in [0.25, 0.3) is 10.0 Å². The van der Waals surface area contributed by atoms with Gasteiger partial charge in [-0.05, 0) is 49.2 Å². The van der Waals surface area contributed by atoms with Crippen molar-refractivity contribution in [3.05, 3.63) is 51.6 Å². The summed E-state index contributed by atoms with van der Waals surface area (Å²) in [6, 6.07) is 5.20.